The number of pyridine rings is 1. The summed E-state index contributed by atoms with van der Waals surface area (Å²) in [6, 6.07) is 10.5. The lowest BCUT2D eigenvalue weighted by molar-refractivity contribution is -0.135. The zero-order valence-corrected chi connectivity index (χ0v) is 13.8. The molecule has 1 saturated heterocycles. The molecule has 5 heteroatoms. The third-order valence-electron chi connectivity index (χ3n) is 4.35. The minimum Gasteiger partial charge on any atom is -0.375 e. The molecule has 2 aromatic rings. The molecule has 122 valence electrons. The first-order valence-electron chi connectivity index (χ1n) is 8.13. The van der Waals surface area contributed by atoms with Crippen LogP contribution in [0.5, 0.6) is 0 Å². The first-order valence-corrected chi connectivity index (χ1v) is 8.13. The molecule has 0 N–H and O–H groups in total. The number of carbonyl (C=O) groups excluding carboxylic acids is 1. The summed E-state index contributed by atoms with van der Waals surface area (Å²) < 4.78 is 4.94. The molecule has 1 aromatic heterocycles. The number of methoxy groups -OCH3 is 1. The van der Waals surface area contributed by atoms with Crippen LogP contribution >= 0.6 is 0 Å². The minimum absolute atomic E-state index is 0.0704. The van der Waals surface area contributed by atoms with Crippen LogP contribution in [-0.4, -0.2) is 55.7 Å². The summed E-state index contributed by atoms with van der Waals surface area (Å²) in [5.41, 5.74) is 3.38. The maximum Gasteiger partial charge on any atom is 0.248 e. The lowest BCUT2D eigenvalue weighted by Crippen LogP contribution is -2.49. The van der Waals surface area contributed by atoms with Crippen molar-refractivity contribution in [1.29, 1.82) is 0 Å². The van der Waals surface area contributed by atoms with E-state index in [1.54, 1.807) is 7.11 Å². The van der Waals surface area contributed by atoms with Crippen LogP contribution in [0.3, 0.4) is 0 Å². The third-order valence-corrected chi connectivity index (χ3v) is 4.35. The predicted molar refractivity (Wildman–Crippen MR) is 91.8 cm³/mol. The Bertz CT molecular complexity index is 694. The number of para-hydroxylation sites is 1. The fourth-order valence-corrected chi connectivity index (χ4v) is 3.06. The zero-order chi connectivity index (χ0) is 16.2. The van der Waals surface area contributed by atoms with Crippen molar-refractivity contribution in [2.75, 3.05) is 44.8 Å². The number of aryl methyl sites for hydroxylation is 1. The van der Waals surface area contributed by atoms with E-state index in [9.17, 15) is 4.79 Å². The van der Waals surface area contributed by atoms with Gasteiger partial charge in [0.25, 0.3) is 0 Å². The number of piperazine rings is 1. The maximum atomic E-state index is 11.9. The minimum atomic E-state index is 0.0704. The van der Waals surface area contributed by atoms with Gasteiger partial charge in [0.2, 0.25) is 5.91 Å². The standard InChI is InChI=1S/C18H23N3O2/c1-3-14-12-17(15-6-4-5-7-16(15)19-14)20-8-10-21(11-9-20)18(22)13-23-2/h4-7,12H,3,8-11,13H2,1-2H3. The Balaban J connectivity index is 1.83. The molecule has 2 heterocycles. The van der Waals surface area contributed by atoms with Gasteiger partial charge in [-0.15, -0.1) is 0 Å². The molecule has 0 spiro atoms. The van der Waals surface area contributed by atoms with Crippen LogP contribution in [0, 0.1) is 0 Å². The van der Waals surface area contributed by atoms with Crippen LogP contribution in [0.1, 0.15) is 12.6 Å². The highest BCUT2D eigenvalue weighted by Gasteiger charge is 2.22. The molecule has 0 bridgehead atoms. The van der Waals surface area contributed by atoms with Crippen LogP contribution in [0.2, 0.25) is 0 Å². The van der Waals surface area contributed by atoms with E-state index in [1.807, 2.05) is 11.0 Å². The molecule has 1 amide bonds. The number of carbonyl (C=O) groups is 1. The number of amides is 1. The average Bonchev–Trinajstić information content (AvgIpc) is 2.61. The van der Waals surface area contributed by atoms with E-state index >= 15 is 0 Å². The number of benzene rings is 1. The van der Waals surface area contributed by atoms with Gasteiger partial charge in [0.1, 0.15) is 6.61 Å². The highest BCUT2D eigenvalue weighted by atomic mass is 16.5. The van der Waals surface area contributed by atoms with E-state index in [0.717, 1.165) is 43.8 Å². The van der Waals surface area contributed by atoms with Gasteiger partial charge in [0.15, 0.2) is 0 Å². The second kappa shape index (κ2) is 6.96. The normalized spacial score (nSPS) is 15.2. The summed E-state index contributed by atoms with van der Waals surface area (Å²) in [6.07, 6.45) is 0.921. The number of hydrogen-bond donors (Lipinski definition) is 0. The lowest BCUT2D eigenvalue weighted by atomic mass is 10.1. The van der Waals surface area contributed by atoms with Crippen LogP contribution < -0.4 is 4.90 Å². The van der Waals surface area contributed by atoms with E-state index in [2.05, 4.69) is 36.1 Å². The molecule has 0 atom stereocenters. The van der Waals surface area contributed by atoms with Crippen LogP contribution in [0.25, 0.3) is 10.9 Å². The van der Waals surface area contributed by atoms with Gasteiger partial charge in [-0.3, -0.25) is 9.78 Å². The first-order chi connectivity index (χ1) is 11.2. The largest absolute Gasteiger partial charge is 0.375 e. The van der Waals surface area contributed by atoms with E-state index in [4.69, 9.17) is 9.72 Å². The summed E-state index contributed by atoms with van der Waals surface area (Å²) >= 11 is 0. The van der Waals surface area contributed by atoms with Crippen molar-refractivity contribution in [1.82, 2.24) is 9.88 Å². The average molecular weight is 313 g/mol. The van der Waals surface area contributed by atoms with E-state index in [1.165, 1.54) is 11.1 Å². The lowest BCUT2D eigenvalue weighted by Gasteiger charge is -2.36. The van der Waals surface area contributed by atoms with Crippen LogP contribution in [0.4, 0.5) is 5.69 Å². The molecule has 1 aliphatic heterocycles. The number of hydrogen-bond acceptors (Lipinski definition) is 4. The second-order valence-electron chi connectivity index (χ2n) is 5.80. The number of ether oxygens (including phenoxy) is 1. The molecule has 1 aromatic carbocycles. The summed E-state index contributed by atoms with van der Waals surface area (Å²) in [5, 5.41) is 1.18. The van der Waals surface area contributed by atoms with Crippen molar-refractivity contribution < 1.29 is 9.53 Å². The topological polar surface area (TPSA) is 45.7 Å². The molecule has 1 fully saturated rings. The molecule has 0 saturated carbocycles. The molecule has 0 radical (unpaired) electrons. The molecule has 5 nitrogen and oxygen atoms in total. The molecule has 23 heavy (non-hydrogen) atoms. The van der Waals surface area contributed by atoms with E-state index < -0.39 is 0 Å². The first kappa shape index (κ1) is 15.7. The summed E-state index contributed by atoms with van der Waals surface area (Å²) in [4.78, 5) is 20.9. The summed E-state index contributed by atoms with van der Waals surface area (Å²) in [7, 11) is 1.56. The van der Waals surface area contributed by atoms with Gasteiger partial charge in [-0.05, 0) is 18.6 Å². The summed E-state index contributed by atoms with van der Waals surface area (Å²) in [5.74, 6) is 0.0704. The van der Waals surface area contributed by atoms with Crippen molar-refractivity contribution >= 4 is 22.5 Å². The van der Waals surface area contributed by atoms with Crippen molar-refractivity contribution in [2.45, 2.75) is 13.3 Å². The highest BCUT2D eigenvalue weighted by Crippen LogP contribution is 2.28. The molecular weight excluding hydrogens is 290 g/mol. The van der Waals surface area contributed by atoms with Gasteiger partial charge in [-0.2, -0.15) is 0 Å². The Labute approximate surface area is 136 Å². The second-order valence-corrected chi connectivity index (χ2v) is 5.80. The molecular formula is C18H23N3O2. The Kier molecular flexibility index (Phi) is 4.76. The Morgan fingerprint density at radius 1 is 1.22 bits per heavy atom. The van der Waals surface area contributed by atoms with E-state index in [-0.39, 0.29) is 12.5 Å². The molecule has 3 rings (SSSR count). The maximum absolute atomic E-state index is 11.9. The Morgan fingerprint density at radius 2 is 1.96 bits per heavy atom. The fourth-order valence-electron chi connectivity index (χ4n) is 3.06. The van der Waals surface area contributed by atoms with Crippen molar-refractivity contribution in [3.05, 3.63) is 36.0 Å². The predicted octanol–water partition coefficient (Wildman–Crippen LogP) is 2.09. The quantitative estimate of drug-likeness (QED) is 0.867. The molecule has 0 aliphatic carbocycles. The van der Waals surface area contributed by atoms with Crippen molar-refractivity contribution in [2.24, 2.45) is 0 Å². The number of anilines is 1. The van der Waals surface area contributed by atoms with Gasteiger partial charge < -0.3 is 14.5 Å². The van der Waals surface area contributed by atoms with Gasteiger partial charge in [-0.1, -0.05) is 25.1 Å². The van der Waals surface area contributed by atoms with Crippen molar-refractivity contribution in [3.63, 3.8) is 0 Å². The fraction of sp³-hybridized carbons (Fsp3) is 0.444. The van der Waals surface area contributed by atoms with Gasteiger partial charge in [0, 0.05) is 50.1 Å². The number of fused-ring (bicyclic) bond motifs is 1. The van der Waals surface area contributed by atoms with E-state index in [0.29, 0.717) is 0 Å². The number of rotatable bonds is 4. The van der Waals surface area contributed by atoms with Gasteiger partial charge in [0.05, 0.1) is 5.52 Å². The third kappa shape index (κ3) is 3.29. The Morgan fingerprint density at radius 3 is 2.65 bits per heavy atom. The highest BCUT2D eigenvalue weighted by molar-refractivity contribution is 5.92. The smallest absolute Gasteiger partial charge is 0.248 e. The van der Waals surface area contributed by atoms with Gasteiger partial charge in [-0.25, -0.2) is 0 Å². The van der Waals surface area contributed by atoms with Crippen LogP contribution in [-0.2, 0) is 16.0 Å². The SMILES string of the molecule is CCc1cc(N2CCN(C(=O)COC)CC2)c2ccccc2n1. The monoisotopic (exact) mass is 313 g/mol. The van der Waals surface area contributed by atoms with Gasteiger partial charge >= 0.3 is 0 Å². The van der Waals surface area contributed by atoms with Crippen LogP contribution in [0.15, 0.2) is 30.3 Å². The molecule has 0 unspecified atom stereocenters. The number of aromatic nitrogens is 1. The number of nitrogens with zero attached hydrogens (tertiary/aromatic N) is 3. The Hall–Kier alpha value is -2.14. The molecule has 1 aliphatic rings. The summed E-state index contributed by atoms with van der Waals surface area (Å²) in [6.45, 7) is 5.44. The van der Waals surface area contributed by atoms with Crippen molar-refractivity contribution in [3.8, 4) is 0 Å². The zero-order valence-electron chi connectivity index (χ0n) is 13.8.